The van der Waals surface area contributed by atoms with Crippen molar-refractivity contribution in [2.24, 2.45) is 0 Å². The fourth-order valence-electron chi connectivity index (χ4n) is 0.278. The molecule has 2 nitrogen and oxygen atoms in total. The fraction of sp³-hybridized carbons (Fsp3) is 0.800. The first-order chi connectivity index (χ1) is 4.63. The third kappa shape index (κ3) is 4.89. The molecule has 0 saturated heterocycles. The van der Waals surface area contributed by atoms with Crippen LogP contribution in [0, 0.1) is 0 Å². The largest absolute Gasteiger partial charge is 0.490 e. The van der Waals surface area contributed by atoms with E-state index in [1.165, 1.54) is 0 Å². The van der Waals surface area contributed by atoms with Gasteiger partial charge >= 0.3 is 12.1 Å². The molecule has 0 aromatic heterocycles. The van der Waals surface area contributed by atoms with Gasteiger partial charge in [0.2, 0.25) is 0 Å². The van der Waals surface area contributed by atoms with Gasteiger partial charge in [-0.3, -0.25) is 0 Å². The standard InChI is InChI=1S/C5H6ClF3O2/c1-4(2,6)11-3(10)5(7,8)9/h1-2H3. The van der Waals surface area contributed by atoms with Crippen LogP contribution in [0.2, 0.25) is 0 Å². The van der Waals surface area contributed by atoms with Gasteiger partial charge in [0.25, 0.3) is 0 Å². The second-order valence-corrected chi connectivity index (χ2v) is 3.16. The summed E-state index contributed by atoms with van der Waals surface area (Å²) in [7, 11) is 0. The molecule has 6 heteroatoms. The summed E-state index contributed by atoms with van der Waals surface area (Å²) in [6, 6.07) is 0. The highest BCUT2D eigenvalue weighted by atomic mass is 35.5. The number of carbonyl (C=O) groups is 1. The fourth-order valence-corrected chi connectivity index (χ4v) is 0.348. The van der Waals surface area contributed by atoms with E-state index in [0.717, 1.165) is 13.8 Å². The summed E-state index contributed by atoms with van der Waals surface area (Å²) in [4.78, 5) is 10.0. The predicted molar refractivity (Wildman–Crippen MR) is 32.1 cm³/mol. The van der Waals surface area contributed by atoms with E-state index in [9.17, 15) is 18.0 Å². The smallest absolute Gasteiger partial charge is 0.437 e. The summed E-state index contributed by atoms with van der Waals surface area (Å²) in [6.07, 6.45) is -4.98. The second kappa shape index (κ2) is 2.89. The lowest BCUT2D eigenvalue weighted by Crippen LogP contribution is -2.32. The van der Waals surface area contributed by atoms with Crippen LogP contribution < -0.4 is 0 Å². The van der Waals surface area contributed by atoms with Crippen molar-refractivity contribution in [1.82, 2.24) is 0 Å². The molecule has 0 rings (SSSR count). The Morgan fingerprint density at radius 1 is 1.36 bits per heavy atom. The summed E-state index contributed by atoms with van der Waals surface area (Å²) >= 11 is 5.19. The number of halogens is 4. The molecule has 11 heavy (non-hydrogen) atoms. The molecule has 0 unspecified atom stereocenters. The van der Waals surface area contributed by atoms with E-state index >= 15 is 0 Å². The van der Waals surface area contributed by atoms with Crippen LogP contribution in [0.3, 0.4) is 0 Å². The van der Waals surface area contributed by atoms with Crippen LogP contribution in [-0.2, 0) is 9.53 Å². The highest BCUT2D eigenvalue weighted by molar-refractivity contribution is 6.22. The van der Waals surface area contributed by atoms with Gasteiger partial charge in [-0.2, -0.15) is 13.2 Å². The average molecular weight is 191 g/mol. The molecule has 0 spiro atoms. The molecule has 0 aliphatic heterocycles. The molecule has 0 aromatic rings. The third-order valence-corrected chi connectivity index (χ3v) is 0.644. The molecule has 0 saturated carbocycles. The molecular formula is C5H6ClF3O2. The normalized spacial score (nSPS) is 12.9. The van der Waals surface area contributed by atoms with Crippen molar-refractivity contribution in [3.63, 3.8) is 0 Å². The quantitative estimate of drug-likeness (QED) is 0.467. The van der Waals surface area contributed by atoms with Gasteiger partial charge in [0.15, 0.2) is 5.06 Å². The molecule has 0 heterocycles. The summed E-state index contributed by atoms with van der Waals surface area (Å²) in [5.74, 6) is -2.28. The lowest BCUT2D eigenvalue weighted by molar-refractivity contribution is -0.205. The molecule has 0 atom stereocenters. The van der Waals surface area contributed by atoms with Crippen LogP contribution in [0.4, 0.5) is 13.2 Å². The Kier molecular flexibility index (Phi) is 2.77. The number of rotatable bonds is 1. The first-order valence-electron chi connectivity index (χ1n) is 2.62. The number of esters is 1. The molecule has 0 bridgehead atoms. The lowest BCUT2D eigenvalue weighted by Gasteiger charge is -2.17. The first-order valence-corrected chi connectivity index (χ1v) is 3.00. The number of ether oxygens (including phenoxy) is 1. The highest BCUT2D eigenvalue weighted by Crippen LogP contribution is 2.22. The first kappa shape index (κ1) is 10.6. The molecule has 0 fully saturated rings. The van der Waals surface area contributed by atoms with Crippen LogP contribution in [0.15, 0.2) is 0 Å². The molecule has 0 aromatic carbocycles. The van der Waals surface area contributed by atoms with E-state index in [4.69, 9.17) is 11.6 Å². The van der Waals surface area contributed by atoms with Crippen molar-refractivity contribution >= 4 is 17.6 Å². The van der Waals surface area contributed by atoms with Gasteiger partial charge < -0.3 is 4.74 Å². The Morgan fingerprint density at radius 2 is 1.73 bits per heavy atom. The van der Waals surface area contributed by atoms with Gasteiger partial charge in [0, 0.05) is 0 Å². The van der Waals surface area contributed by atoms with Crippen molar-refractivity contribution in [3.05, 3.63) is 0 Å². The second-order valence-electron chi connectivity index (χ2n) is 2.25. The monoisotopic (exact) mass is 190 g/mol. The summed E-state index contributed by atoms with van der Waals surface area (Å²) < 4.78 is 38.1. The summed E-state index contributed by atoms with van der Waals surface area (Å²) in [5, 5.41) is -1.62. The number of hydrogen-bond donors (Lipinski definition) is 0. The lowest BCUT2D eigenvalue weighted by atomic mass is 10.4. The predicted octanol–water partition coefficient (Wildman–Crippen LogP) is 2.07. The molecule has 0 N–H and O–H groups in total. The average Bonchev–Trinajstić information content (AvgIpc) is 1.56. The van der Waals surface area contributed by atoms with Crippen molar-refractivity contribution < 1.29 is 22.7 Å². The number of carbonyl (C=O) groups excluding carboxylic acids is 1. The van der Waals surface area contributed by atoms with Crippen molar-refractivity contribution in [2.45, 2.75) is 25.1 Å². The van der Waals surface area contributed by atoms with E-state index in [2.05, 4.69) is 4.74 Å². The van der Waals surface area contributed by atoms with Gasteiger partial charge in [-0.15, -0.1) is 0 Å². The van der Waals surface area contributed by atoms with E-state index < -0.39 is 17.2 Å². The molecule has 0 aliphatic rings. The minimum Gasteiger partial charge on any atom is -0.437 e. The highest BCUT2D eigenvalue weighted by Gasteiger charge is 2.43. The summed E-state index contributed by atoms with van der Waals surface area (Å²) in [5.41, 5.74) is 0. The molecule has 0 radical (unpaired) electrons. The molecule has 0 aliphatic carbocycles. The minimum atomic E-state index is -4.98. The van der Waals surface area contributed by atoms with Gasteiger partial charge in [-0.05, 0) is 13.8 Å². The van der Waals surface area contributed by atoms with Crippen LogP contribution in [-0.4, -0.2) is 17.2 Å². The molecule has 0 amide bonds. The van der Waals surface area contributed by atoms with Crippen LogP contribution in [0.1, 0.15) is 13.8 Å². The molecular weight excluding hydrogens is 184 g/mol. The maximum absolute atomic E-state index is 11.4. The Balaban J connectivity index is 4.11. The zero-order valence-electron chi connectivity index (χ0n) is 5.83. The maximum atomic E-state index is 11.4. The summed E-state index contributed by atoms with van der Waals surface area (Å²) in [6.45, 7) is 2.27. The number of hydrogen-bond acceptors (Lipinski definition) is 2. The number of alkyl halides is 4. The van der Waals surface area contributed by atoms with E-state index in [1.807, 2.05) is 0 Å². The van der Waals surface area contributed by atoms with Crippen molar-refractivity contribution in [1.29, 1.82) is 0 Å². The van der Waals surface area contributed by atoms with Crippen LogP contribution >= 0.6 is 11.6 Å². The Morgan fingerprint density at radius 3 is 1.82 bits per heavy atom. The van der Waals surface area contributed by atoms with Gasteiger partial charge in [0.05, 0.1) is 0 Å². The van der Waals surface area contributed by atoms with E-state index in [-0.39, 0.29) is 0 Å². The topological polar surface area (TPSA) is 26.3 Å². The third-order valence-electron chi connectivity index (χ3n) is 0.567. The van der Waals surface area contributed by atoms with E-state index in [1.54, 1.807) is 0 Å². The van der Waals surface area contributed by atoms with Crippen LogP contribution in [0.25, 0.3) is 0 Å². The van der Waals surface area contributed by atoms with Crippen molar-refractivity contribution in [2.75, 3.05) is 0 Å². The van der Waals surface area contributed by atoms with E-state index in [0.29, 0.717) is 0 Å². The van der Waals surface area contributed by atoms with Gasteiger partial charge in [0.1, 0.15) is 0 Å². The Labute approximate surface area is 66.3 Å². The molecule has 66 valence electrons. The van der Waals surface area contributed by atoms with Gasteiger partial charge in [-0.1, -0.05) is 11.6 Å². The maximum Gasteiger partial charge on any atom is 0.490 e. The minimum absolute atomic E-state index is 1.14. The SMILES string of the molecule is CC(C)(Cl)OC(=O)C(F)(F)F. The van der Waals surface area contributed by atoms with Crippen molar-refractivity contribution in [3.8, 4) is 0 Å². The zero-order valence-corrected chi connectivity index (χ0v) is 6.58. The van der Waals surface area contributed by atoms with Crippen LogP contribution in [0.5, 0.6) is 0 Å². The Bertz CT molecular complexity index is 158. The zero-order chi connectivity index (χ0) is 9.28. The Hall–Kier alpha value is -0.450. The van der Waals surface area contributed by atoms with Gasteiger partial charge in [-0.25, -0.2) is 4.79 Å².